The van der Waals surface area contributed by atoms with Gasteiger partial charge in [0.05, 0.1) is 0 Å². The quantitative estimate of drug-likeness (QED) is 0.710. The maximum absolute atomic E-state index is 11.5. The predicted molar refractivity (Wildman–Crippen MR) is 52.7 cm³/mol. The van der Waals surface area contributed by atoms with E-state index in [1.807, 2.05) is 0 Å². The molecule has 5 heteroatoms. The fourth-order valence-electron chi connectivity index (χ4n) is 1.57. The lowest BCUT2D eigenvalue weighted by Gasteiger charge is -2.04. The summed E-state index contributed by atoms with van der Waals surface area (Å²) in [6.07, 6.45) is 3.68. The van der Waals surface area contributed by atoms with Gasteiger partial charge in [0.15, 0.2) is 0 Å². The van der Waals surface area contributed by atoms with Crippen LogP contribution in [0, 0.1) is 11.8 Å². The zero-order chi connectivity index (χ0) is 11.5. The van der Waals surface area contributed by atoms with E-state index in [1.54, 1.807) is 24.5 Å². The second-order valence-electron chi connectivity index (χ2n) is 3.84. The summed E-state index contributed by atoms with van der Waals surface area (Å²) in [4.78, 5) is 25.8. The van der Waals surface area contributed by atoms with Gasteiger partial charge in [0.1, 0.15) is 0 Å². The summed E-state index contributed by atoms with van der Waals surface area (Å²) in [6.45, 7) is 0.400. The van der Waals surface area contributed by atoms with Crippen LogP contribution in [0.2, 0.25) is 0 Å². The lowest BCUT2D eigenvalue weighted by molar-refractivity contribution is -0.308. The third kappa shape index (κ3) is 2.36. The Kier molecular flexibility index (Phi) is 2.85. The summed E-state index contributed by atoms with van der Waals surface area (Å²) in [5.41, 5.74) is 0.939. The summed E-state index contributed by atoms with van der Waals surface area (Å²) < 4.78 is 0. The van der Waals surface area contributed by atoms with Crippen LogP contribution in [0.4, 0.5) is 0 Å². The maximum Gasteiger partial charge on any atom is 0.224 e. The van der Waals surface area contributed by atoms with Crippen molar-refractivity contribution in [2.75, 3.05) is 0 Å². The average molecular weight is 219 g/mol. The maximum atomic E-state index is 11.5. The molecule has 0 spiro atoms. The fraction of sp³-hybridized carbons (Fsp3) is 0.364. The molecule has 0 unspecified atom stereocenters. The van der Waals surface area contributed by atoms with Gasteiger partial charge in [-0.3, -0.25) is 9.78 Å². The van der Waals surface area contributed by atoms with Crippen molar-refractivity contribution in [3.63, 3.8) is 0 Å². The van der Waals surface area contributed by atoms with E-state index in [0.29, 0.717) is 13.0 Å². The molecule has 0 aromatic carbocycles. The molecule has 1 saturated carbocycles. The lowest BCUT2D eigenvalue weighted by Crippen LogP contribution is -2.30. The highest BCUT2D eigenvalue weighted by molar-refractivity contribution is 5.88. The van der Waals surface area contributed by atoms with Gasteiger partial charge in [0.25, 0.3) is 0 Å². The summed E-state index contributed by atoms with van der Waals surface area (Å²) in [7, 11) is 0. The second kappa shape index (κ2) is 4.30. The van der Waals surface area contributed by atoms with Crippen molar-refractivity contribution in [2.45, 2.75) is 13.0 Å². The van der Waals surface area contributed by atoms with E-state index in [9.17, 15) is 14.7 Å². The van der Waals surface area contributed by atoms with Gasteiger partial charge in [0.2, 0.25) is 5.91 Å². The Hall–Kier alpha value is -1.91. The molecule has 2 atom stereocenters. The van der Waals surface area contributed by atoms with E-state index in [1.165, 1.54) is 0 Å². The zero-order valence-electron chi connectivity index (χ0n) is 8.55. The molecule has 1 N–H and O–H groups in total. The number of hydrogen-bond acceptors (Lipinski definition) is 4. The lowest BCUT2D eigenvalue weighted by atomic mass is 10.2. The first-order valence-electron chi connectivity index (χ1n) is 5.06. The van der Waals surface area contributed by atoms with E-state index in [2.05, 4.69) is 10.3 Å². The number of aliphatic carboxylic acids is 1. The molecular formula is C11H11N2O3-. The standard InChI is InChI=1S/C11H12N2O3/c14-10(8-5-9(8)11(15)16)13-6-7-1-3-12-4-2-7/h1-4,8-9H,5-6H2,(H,13,14)(H,15,16)/p-1/t8-,9+/m0/s1. The Morgan fingerprint density at radius 3 is 2.62 bits per heavy atom. The number of amides is 1. The van der Waals surface area contributed by atoms with E-state index in [0.717, 1.165) is 5.56 Å². The third-order valence-corrected chi connectivity index (χ3v) is 2.65. The van der Waals surface area contributed by atoms with Gasteiger partial charge >= 0.3 is 0 Å². The first-order valence-corrected chi connectivity index (χ1v) is 5.06. The van der Waals surface area contributed by atoms with E-state index in [4.69, 9.17) is 0 Å². The Morgan fingerprint density at radius 1 is 1.38 bits per heavy atom. The highest BCUT2D eigenvalue weighted by atomic mass is 16.4. The highest BCUT2D eigenvalue weighted by Crippen LogP contribution is 2.37. The van der Waals surface area contributed by atoms with Crippen LogP contribution in [0.25, 0.3) is 0 Å². The normalized spacial score (nSPS) is 22.5. The molecule has 1 aromatic heterocycles. The fourth-order valence-corrected chi connectivity index (χ4v) is 1.57. The van der Waals surface area contributed by atoms with Crippen LogP contribution >= 0.6 is 0 Å². The molecule has 0 saturated heterocycles. The number of hydrogen-bond donors (Lipinski definition) is 1. The number of rotatable bonds is 4. The van der Waals surface area contributed by atoms with Gasteiger partial charge in [-0.05, 0) is 24.1 Å². The zero-order valence-corrected chi connectivity index (χ0v) is 8.55. The molecule has 5 nitrogen and oxygen atoms in total. The molecule has 16 heavy (non-hydrogen) atoms. The Bertz CT molecular complexity index is 405. The van der Waals surface area contributed by atoms with Crippen molar-refractivity contribution in [3.05, 3.63) is 30.1 Å². The monoisotopic (exact) mass is 219 g/mol. The molecule has 1 fully saturated rings. The summed E-state index contributed by atoms with van der Waals surface area (Å²) in [5, 5.41) is 13.1. The van der Waals surface area contributed by atoms with Crippen LogP contribution in [0.15, 0.2) is 24.5 Å². The van der Waals surface area contributed by atoms with Crippen molar-refractivity contribution in [1.29, 1.82) is 0 Å². The van der Waals surface area contributed by atoms with Crippen LogP contribution in [0.5, 0.6) is 0 Å². The van der Waals surface area contributed by atoms with Crippen LogP contribution in [0.1, 0.15) is 12.0 Å². The molecule has 1 amide bonds. The molecule has 1 aliphatic rings. The third-order valence-electron chi connectivity index (χ3n) is 2.65. The van der Waals surface area contributed by atoms with E-state index >= 15 is 0 Å². The average Bonchev–Trinajstić information content (AvgIpc) is 3.07. The number of carboxylic acids is 1. The number of nitrogens with zero attached hydrogens (tertiary/aromatic N) is 1. The van der Waals surface area contributed by atoms with E-state index < -0.39 is 17.8 Å². The predicted octanol–water partition coefficient (Wildman–Crippen LogP) is -0.916. The molecule has 1 heterocycles. The van der Waals surface area contributed by atoms with Crippen molar-refractivity contribution in [1.82, 2.24) is 10.3 Å². The van der Waals surface area contributed by atoms with Crippen molar-refractivity contribution < 1.29 is 14.7 Å². The van der Waals surface area contributed by atoms with E-state index in [-0.39, 0.29) is 5.91 Å². The number of aromatic nitrogens is 1. The topological polar surface area (TPSA) is 82.1 Å². The van der Waals surface area contributed by atoms with Crippen molar-refractivity contribution in [3.8, 4) is 0 Å². The van der Waals surface area contributed by atoms with Crippen molar-refractivity contribution >= 4 is 11.9 Å². The first-order chi connectivity index (χ1) is 7.68. The van der Waals surface area contributed by atoms with Crippen LogP contribution < -0.4 is 10.4 Å². The Morgan fingerprint density at radius 2 is 2.06 bits per heavy atom. The SMILES string of the molecule is O=C(NCc1ccncc1)[C@H]1C[C@H]1C(=O)[O-]. The highest BCUT2D eigenvalue weighted by Gasteiger charge is 2.43. The minimum Gasteiger partial charge on any atom is -0.550 e. The molecule has 84 valence electrons. The molecule has 0 bridgehead atoms. The summed E-state index contributed by atoms with van der Waals surface area (Å²) >= 11 is 0. The van der Waals surface area contributed by atoms with Gasteiger partial charge in [-0.25, -0.2) is 0 Å². The van der Waals surface area contributed by atoms with Gasteiger partial charge in [-0.1, -0.05) is 0 Å². The molecular weight excluding hydrogens is 208 g/mol. The minimum absolute atomic E-state index is 0.217. The van der Waals surface area contributed by atoms with Gasteiger partial charge < -0.3 is 15.2 Å². The van der Waals surface area contributed by atoms with Crippen molar-refractivity contribution in [2.24, 2.45) is 11.8 Å². The van der Waals surface area contributed by atoms with Gasteiger partial charge in [-0.2, -0.15) is 0 Å². The molecule has 1 aromatic rings. The number of nitrogens with one attached hydrogen (secondary N) is 1. The van der Waals surface area contributed by atoms with Crippen LogP contribution in [-0.4, -0.2) is 16.9 Å². The second-order valence-corrected chi connectivity index (χ2v) is 3.84. The Balaban J connectivity index is 1.80. The smallest absolute Gasteiger partial charge is 0.224 e. The summed E-state index contributed by atoms with van der Waals surface area (Å²) in [6, 6.07) is 3.59. The van der Waals surface area contributed by atoms with Crippen LogP contribution in [-0.2, 0) is 16.1 Å². The minimum atomic E-state index is -1.14. The number of pyridine rings is 1. The molecule has 2 rings (SSSR count). The Labute approximate surface area is 92.5 Å². The largest absolute Gasteiger partial charge is 0.550 e. The molecule has 0 radical (unpaired) electrons. The number of carbonyl (C=O) groups excluding carboxylic acids is 2. The number of carbonyl (C=O) groups is 2. The first kappa shape index (κ1) is 10.6. The molecule has 0 aliphatic heterocycles. The number of carboxylic acid groups (broad SMARTS) is 1. The van der Waals surface area contributed by atoms with Crippen LogP contribution in [0.3, 0.4) is 0 Å². The summed E-state index contributed by atoms with van der Waals surface area (Å²) in [5.74, 6) is -2.36. The molecule has 1 aliphatic carbocycles. The van der Waals surface area contributed by atoms with Gasteiger partial charge in [0, 0.05) is 36.7 Å². The van der Waals surface area contributed by atoms with Gasteiger partial charge in [-0.15, -0.1) is 0 Å².